The van der Waals surface area contributed by atoms with Crippen molar-refractivity contribution in [3.63, 3.8) is 0 Å². The van der Waals surface area contributed by atoms with Gasteiger partial charge in [-0.15, -0.1) is 13.2 Å². The van der Waals surface area contributed by atoms with Gasteiger partial charge in [0.25, 0.3) is 5.91 Å². The summed E-state index contributed by atoms with van der Waals surface area (Å²) < 4.78 is 41.6. The fourth-order valence-electron chi connectivity index (χ4n) is 2.57. The van der Waals surface area contributed by atoms with E-state index in [1.807, 2.05) is 34.7 Å². The largest absolute Gasteiger partial charge is 0.573 e. The number of nitrogens with zero attached hydrogens (tertiary/aromatic N) is 1. The first kappa shape index (κ1) is 17.3. The van der Waals surface area contributed by atoms with Crippen molar-refractivity contribution >= 4 is 40.1 Å². The molecule has 0 aromatic heterocycles. The van der Waals surface area contributed by atoms with Crippen molar-refractivity contribution in [2.75, 3.05) is 0 Å². The minimum absolute atomic E-state index is 0.206. The van der Waals surface area contributed by atoms with Crippen LogP contribution in [0.4, 0.5) is 13.2 Å². The molecule has 2 aromatic carbocycles. The monoisotopic (exact) mass is 467 g/mol. The average Bonchev–Trinajstić information content (AvgIpc) is 2.76. The fourth-order valence-corrected chi connectivity index (χ4v) is 3.58. The molecule has 1 heterocycles. The van der Waals surface area contributed by atoms with Crippen LogP contribution in [0.25, 0.3) is 0 Å². The normalized spacial score (nSPS) is 14.0. The molecule has 0 aliphatic carbocycles. The Morgan fingerprint density at radius 2 is 1.88 bits per heavy atom. The molecule has 0 spiro atoms. The molecular formula is C16H10ClF3INO2. The highest BCUT2D eigenvalue weighted by molar-refractivity contribution is 14.1. The predicted molar refractivity (Wildman–Crippen MR) is 90.9 cm³/mol. The van der Waals surface area contributed by atoms with Gasteiger partial charge in [-0.3, -0.25) is 4.79 Å². The van der Waals surface area contributed by atoms with Crippen LogP contribution in [0.3, 0.4) is 0 Å². The smallest absolute Gasteiger partial charge is 0.406 e. The molecule has 126 valence electrons. The van der Waals surface area contributed by atoms with Gasteiger partial charge < -0.3 is 9.64 Å². The molecule has 3 nitrogen and oxygen atoms in total. The summed E-state index contributed by atoms with van der Waals surface area (Å²) in [6, 6.07) is 9.55. The van der Waals surface area contributed by atoms with Crippen molar-refractivity contribution in [1.29, 1.82) is 0 Å². The third kappa shape index (κ3) is 3.77. The van der Waals surface area contributed by atoms with Crippen LogP contribution in [0.2, 0.25) is 5.02 Å². The molecule has 0 saturated heterocycles. The zero-order valence-corrected chi connectivity index (χ0v) is 14.9. The summed E-state index contributed by atoms with van der Waals surface area (Å²) in [6.07, 6.45) is -4.76. The Morgan fingerprint density at radius 1 is 1.21 bits per heavy atom. The van der Waals surface area contributed by atoms with Gasteiger partial charge in [0.05, 0.1) is 5.56 Å². The van der Waals surface area contributed by atoms with Crippen molar-refractivity contribution in [1.82, 2.24) is 4.90 Å². The SMILES string of the molecule is O=C1c2c(I)cc(OC(F)(F)F)cc2CN1Cc1ccc(Cl)cc1. The van der Waals surface area contributed by atoms with E-state index in [0.29, 0.717) is 26.3 Å². The van der Waals surface area contributed by atoms with E-state index in [1.54, 1.807) is 17.0 Å². The molecule has 0 atom stereocenters. The molecule has 0 unspecified atom stereocenters. The van der Waals surface area contributed by atoms with Gasteiger partial charge >= 0.3 is 6.36 Å². The zero-order chi connectivity index (χ0) is 17.5. The Balaban J connectivity index is 1.84. The summed E-state index contributed by atoms with van der Waals surface area (Å²) in [5.41, 5.74) is 1.85. The molecular weight excluding hydrogens is 458 g/mol. The molecule has 1 aliphatic heterocycles. The molecule has 8 heteroatoms. The number of rotatable bonds is 3. The first-order chi connectivity index (χ1) is 11.2. The minimum atomic E-state index is -4.76. The molecule has 0 N–H and O–H groups in total. The lowest BCUT2D eigenvalue weighted by Crippen LogP contribution is -2.23. The lowest BCUT2D eigenvalue weighted by atomic mass is 10.1. The lowest BCUT2D eigenvalue weighted by Gasteiger charge is -2.15. The Bertz CT molecular complexity index is 793. The van der Waals surface area contributed by atoms with E-state index in [2.05, 4.69) is 4.74 Å². The molecule has 0 radical (unpaired) electrons. The zero-order valence-electron chi connectivity index (χ0n) is 12.0. The van der Waals surface area contributed by atoms with Gasteiger partial charge in [0, 0.05) is 21.7 Å². The predicted octanol–water partition coefficient (Wildman–Crippen LogP) is 5.00. The van der Waals surface area contributed by atoms with E-state index in [1.165, 1.54) is 12.1 Å². The van der Waals surface area contributed by atoms with Gasteiger partial charge in [-0.2, -0.15) is 0 Å². The standard InChI is InChI=1S/C16H10ClF3INO2/c17-11-3-1-9(2-4-11)7-22-8-10-5-12(24-16(18,19)20)6-13(21)14(10)15(22)23/h1-6H,7-8H2. The van der Waals surface area contributed by atoms with Crippen LogP contribution in [0.1, 0.15) is 21.5 Å². The van der Waals surface area contributed by atoms with Crippen LogP contribution in [0, 0.1) is 3.57 Å². The number of carbonyl (C=O) groups is 1. The number of hydrogen-bond donors (Lipinski definition) is 0. The number of halogens is 5. The van der Waals surface area contributed by atoms with Crippen LogP contribution >= 0.6 is 34.2 Å². The van der Waals surface area contributed by atoms with Crippen LogP contribution < -0.4 is 4.74 Å². The summed E-state index contributed by atoms with van der Waals surface area (Å²) >= 11 is 7.69. The third-order valence-electron chi connectivity index (χ3n) is 3.53. The van der Waals surface area contributed by atoms with E-state index >= 15 is 0 Å². The second-order valence-corrected chi connectivity index (χ2v) is 6.87. The summed E-state index contributed by atoms with van der Waals surface area (Å²) in [5, 5.41) is 0.596. The second kappa shape index (κ2) is 6.44. The number of alkyl halides is 3. The van der Waals surface area contributed by atoms with Crippen molar-refractivity contribution in [3.05, 3.63) is 61.7 Å². The van der Waals surface area contributed by atoms with Gasteiger partial charge in [0.1, 0.15) is 5.75 Å². The average molecular weight is 468 g/mol. The maximum atomic E-state index is 12.5. The summed E-state index contributed by atoms with van der Waals surface area (Å²) in [4.78, 5) is 14.1. The van der Waals surface area contributed by atoms with Crippen molar-refractivity contribution in [2.45, 2.75) is 19.5 Å². The van der Waals surface area contributed by atoms with Crippen LogP contribution in [0.15, 0.2) is 36.4 Å². The maximum absolute atomic E-state index is 12.5. The van der Waals surface area contributed by atoms with Crippen LogP contribution in [-0.2, 0) is 13.1 Å². The maximum Gasteiger partial charge on any atom is 0.573 e. The molecule has 0 saturated carbocycles. The molecule has 0 bridgehead atoms. The lowest BCUT2D eigenvalue weighted by molar-refractivity contribution is -0.274. The van der Waals surface area contributed by atoms with Crippen molar-refractivity contribution < 1.29 is 22.7 Å². The Kier molecular flexibility index (Phi) is 4.65. The number of hydrogen-bond acceptors (Lipinski definition) is 2. The molecule has 1 aliphatic rings. The van der Waals surface area contributed by atoms with E-state index in [9.17, 15) is 18.0 Å². The van der Waals surface area contributed by atoms with Crippen molar-refractivity contribution in [3.8, 4) is 5.75 Å². The van der Waals surface area contributed by atoms with Gasteiger partial charge in [-0.1, -0.05) is 23.7 Å². The molecule has 3 rings (SSSR count). The van der Waals surface area contributed by atoms with E-state index in [0.717, 1.165) is 5.56 Å². The number of ether oxygens (including phenoxy) is 1. The fraction of sp³-hybridized carbons (Fsp3) is 0.188. The Hall–Kier alpha value is -1.48. The summed E-state index contributed by atoms with van der Waals surface area (Å²) in [6.45, 7) is 0.595. The van der Waals surface area contributed by atoms with E-state index < -0.39 is 6.36 Å². The third-order valence-corrected chi connectivity index (χ3v) is 4.63. The number of fused-ring (bicyclic) bond motifs is 1. The molecule has 24 heavy (non-hydrogen) atoms. The number of carbonyl (C=O) groups excluding carboxylic acids is 1. The highest BCUT2D eigenvalue weighted by atomic mass is 127. The first-order valence-corrected chi connectivity index (χ1v) is 8.30. The van der Waals surface area contributed by atoms with Gasteiger partial charge in [-0.05, 0) is 58.0 Å². The summed E-state index contributed by atoms with van der Waals surface area (Å²) in [5.74, 6) is -0.519. The molecule has 1 amide bonds. The first-order valence-electron chi connectivity index (χ1n) is 6.85. The minimum Gasteiger partial charge on any atom is -0.406 e. The Morgan fingerprint density at radius 3 is 2.50 bits per heavy atom. The van der Waals surface area contributed by atoms with Gasteiger partial charge in [0.2, 0.25) is 0 Å². The van der Waals surface area contributed by atoms with Crippen LogP contribution in [-0.4, -0.2) is 17.2 Å². The molecule has 0 fully saturated rings. The van der Waals surface area contributed by atoms with Crippen LogP contribution in [0.5, 0.6) is 5.75 Å². The van der Waals surface area contributed by atoms with Crippen molar-refractivity contribution in [2.24, 2.45) is 0 Å². The highest BCUT2D eigenvalue weighted by Gasteiger charge is 2.34. The van der Waals surface area contributed by atoms with E-state index in [-0.39, 0.29) is 18.2 Å². The molecule has 2 aromatic rings. The summed E-state index contributed by atoms with van der Waals surface area (Å²) in [7, 11) is 0. The van der Waals surface area contributed by atoms with Gasteiger partial charge in [0.15, 0.2) is 0 Å². The number of amides is 1. The van der Waals surface area contributed by atoms with E-state index in [4.69, 9.17) is 11.6 Å². The quantitative estimate of drug-likeness (QED) is 0.595. The number of benzene rings is 2. The topological polar surface area (TPSA) is 29.5 Å². The van der Waals surface area contributed by atoms with Gasteiger partial charge in [-0.25, -0.2) is 0 Å². The highest BCUT2D eigenvalue weighted by Crippen LogP contribution is 2.34. The second-order valence-electron chi connectivity index (χ2n) is 5.27. The Labute approximate surface area is 154 Å².